The summed E-state index contributed by atoms with van der Waals surface area (Å²) < 4.78 is 0. The summed E-state index contributed by atoms with van der Waals surface area (Å²) in [5.74, 6) is 0.0828. The van der Waals surface area contributed by atoms with E-state index < -0.39 is 0 Å². The van der Waals surface area contributed by atoms with Crippen molar-refractivity contribution in [2.45, 2.75) is 66.0 Å². The Balaban J connectivity index is 0.00000441. The van der Waals surface area contributed by atoms with Crippen LogP contribution in [0.15, 0.2) is 0 Å². The van der Waals surface area contributed by atoms with Gasteiger partial charge in [0.05, 0.1) is 0 Å². The van der Waals surface area contributed by atoms with Crippen LogP contribution in [0, 0.1) is 5.41 Å². The van der Waals surface area contributed by atoms with Crippen molar-refractivity contribution >= 4 is 24.2 Å². The number of likely N-dealkylation sites (N-methyl/N-ethyl adjacent to an activating group) is 1. The third-order valence-electron chi connectivity index (χ3n) is 3.69. The molecule has 5 nitrogen and oxygen atoms in total. The van der Waals surface area contributed by atoms with Crippen LogP contribution in [0.4, 0.5) is 0 Å². The summed E-state index contributed by atoms with van der Waals surface area (Å²) in [4.78, 5) is 26.4. The fourth-order valence-electron chi connectivity index (χ4n) is 2.69. The first-order chi connectivity index (χ1) is 9.74. The second kappa shape index (κ2) is 9.36. The SMILES string of the molecule is CCN[C@H](C)CNC(=O)C1CCCN1C(=O)CC(C)(C)C.Cl. The number of halogens is 1. The lowest BCUT2D eigenvalue weighted by Gasteiger charge is -2.28. The molecule has 22 heavy (non-hydrogen) atoms. The summed E-state index contributed by atoms with van der Waals surface area (Å²) >= 11 is 0. The molecular weight excluding hydrogens is 302 g/mol. The number of hydrogen-bond donors (Lipinski definition) is 2. The van der Waals surface area contributed by atoms with E-state index >= 15 is 0 Å². The molecule has 2 N–H and O–H groups in total. The largest absolute Gasteiger partial charge is 0.353 e. The molecule has 6 heteroatoms. The number of nitrogens with one attached hydrogen (secondary N) is 2. The molecule has 1 rings (SSSR count). The molecule has 2 amide bonds. The summed E-state index contributed by atoms with van der Waals surface area (Å²) in [5, 5.41) is 6.22. The zero-order valence-corrected chi connectivity index (χ0v) is 15.4. The second-order valence-electron chi connectivity index (χ2n) is 7.19. The van der Waals surface area contributed by atoms with Crippen LogP contribution < -0.4 is 10.6 Å². The first kappa shape index (κ1) is 21.2. The van der Waals surface area contributed by atoms with E-state index in [0.29, 0.717) is 19.5 Å². The molecule has 2 atom stereocenters. The van der Waals surface area contributed by atoms with E-state index in [2.05, 4.69) is 10.6 Å². The van der Waals surface area contributed by atoms with Crippen LogP contribution in [0.3, 0.4) is 0 Å². The highest BCUT2D eigenvalue weighted by Gasteiger charge is 2.35. The summed E-state index contributed by atoms with van der Waals surface area (Å²) in [7, 11) is 0. The molecule has 1 aliphatic rings. The van der Waals surface area contributed by atoms with Gasteiger partial charge in [-0.1, -0.05) is 27.7 Å². The Labute approximate surface area is 141 Å². The van der Waals surface area contributed by atoms with Gasteiger partial charge < -0.3 is 15.5 Å². The fraction of sp³-hybridized carbons (Fsp3) is 0.875. The van der Waals surface area contributed by atoms with E-state index in [9.17, 15) is 9.59 Å². The third kappa shape index (κ3) is 6.97. The summed E-state index contributed by atoms with van der Waals surface area (Å²) in [6.45, 7) is 12.4. The van der Waals surface area contributed by atoms with Crippen molar-refractivity contribution in [1.29, 1.82) is 0 Å². The minimum absolute atomic E-state index is 0. The summed E-state index contributed by atoms with van der Waals surface area (Å²) in [6, 6.07) is -0.0345. The van der Waals surface area contributed by atoms with E-state index in [1.807, 2.05) is 34.6 Å². The van der Waals surface area contributed by atoms with Crippen LogP contribution in [-0.4, -0.2) is 48.4 Å². The lowest BCUT2D eigenvalue weighted by molar-refractivity contribution is -0.139. The van der Waals surface area contributed by atoms with Gasteiger partial charge in [-0.05, 0) is 31.7 Å². The van der Waals surface area contributed by atoms with E-state index in [-0.39, 0.29) is 41.7 Å². The number of nitrogens with zero attached hydrogens (tertiary/aromatic N) is 1. The van der Waals surface area contributed by atoms with E-state index in [0.717, 1.165) is 19.4 Å². The smallest absolute Gasteiger partial charge is 0.242 e. The van der Waals surface area contributed by atoms with Gasteiger partial charge in [-0.25, -0.2) is 0 Å². The minimum Gasteiger partial charge on any atom is -0.353 e. The first-order valence-corrected chi connectivity index (χ1v) is 8.05. The highest BCUT2D eigenvalue weighted by molar-refractivity contribution is 5.88. The lowest BCUT2D eigenvalue weighted by atomic mass is 9.91. The Morgan fingerprint density at radius 2 is 1.95 bits per heavy atom. The van der Waals surface area contributed by atoms with Crippen LogP contribution in [0.5, 0.6) is 0 Å². The molecular formula is C16H32ClN3O2. The Morgan fingerprint density at radius 3 is 2.50 bits per heavy atom. The third-order valence-corrected chi connectivity index (χ3v) is 3.69. The highest BCUT2D eigenvalue weighted by atomic mass is 35.5. The van der Waals surface area contributed by atoms with E-state index in [1.165, 1.54) is 0 Å². The quantitative estimate of drug-likeness (QED) is 0.781. The molecule has 1 aliphatic heterocycles. The van der Waals surface area contributed by atoms with Crippen molar-refractivity contribution in [2.75, 3.05) is 19.6 Å². The molecule has 1 fully saturated rings. The molecule has 0 aliphatic carbocycles. The number of hydrogen-bond acceptors (Lipinski definition) is 3. The molecule has 1 saturated heterocycles. The van der Waals surface area contributed by atoms with E-state index in [4.69, 9.17) is 0 Å². The Hall–Kier alpha value is -0.810. The predicted octanol–water partition coefficient (Wildman–Crippen LogP) is 1.95. The van der Waals surface area contributed by atoms with Crippen molar-refractivity contribution in [2.24, 2.45) is 5.41 Å². The molecule has 0 aromatic rings. The molecule has 0 spiro atoms. The van der Waals surface area contributed by atoms with Gasteiger partial charge in [0.15, 0.2) is 0 Å². The maximum Gasteiger partial charge on any atom is 0.242 e. The van der Waals surface area contributed by atoms with Gasteiger partial charge >= 0.3 is 0 Å². The van der Waals surface area contributed by atoms with Gasteiger partial charge in [0, 0.05) is 25.6 Å². The van der Waals surface area contributed by atoms with Gasteiger partial charge in [0.1, 0.15) is 6.04 Å². The van der Waals surface area contributed by atoms with Crippen molar-refractivity contribution in [3.63, 3.8) is 0 Å². The highest BCUT2D eigenvalue weighted by Crippen LogP contribution is 2.24. The molecule has 130 valence electrons. The van der Waals surface area contributed by atoms with Crippen LogP contribution in [-0.2, 0) is 9.59 Å². The van der Waals surface area contributed by atoms with E-state index in [1.54, 1.807) is 4.90 Å². The minimum atomic E-state index is -0.284. The topological polar surface area (TPSA) is 61.4 Å². The van der Waals surface area contributed by atoms with Crippen LogP contribution in [0.2, 0.25) is 0 Å². The Bertz CT molecular complexity index is 369. The first-order valence-electron chi connectivity index (χ1n) is 8.05. The standard InChI is InChI=1S/C16H31N3O2.ClH/c1-6-17-12(2)11-18-15(21)13-8-7-9-19(13)14(20)10-16(3,4)5;/h12-13,17H,6-11H2,1-5H3,(H,18,21);1H/t12-,13?;/m1./s1. The zero-order chi connectivity index (χ0) is 16.0. The van der Waals surface area contributed by atoms with Gasteiger partial charge in [-0.15, -0.1) is 12.4 Å². The maximum atomic E-state index is 12.4. The van der Waals surface area contributed by atoms with Crippen molar-refractivity contribution in [3.8, 4) is 0 Å². The lowest BCUT2D eigenvalue weighted by Crippen LogP contribution is -2.49. The summed E-state index contributed by atoms with van der Waals surface area (Å²) in [5.41, 5.74) is -0.0414. The zero-order valence-electron chi connectivity index (χ0n) is 14.6. The van der Waals surface area contributed by atoms with Gasteiger partial charge in [-0.2, -0.15) is 0 Å². The molecule has 0 radical (unpaired) electrons. The van der Waals surface area contributed by atoms with Gasteiger partial charge in [0.2, 0.25) is 11.8 Å². The average Bonchev–Trinajstić information content (AvgIpc) is 2.83. The van der Waals surface area contributed by atoms with Crippen LogP contribution in [0.25, 0.3) is 0 Å². The van der Waals surface area contributed by atoms with Crippen molar-refractivity contribution < 1.29 is 9.59 Å². The summed E-state index contributed by atoms with van der Waals surface area (Å²) in [6.07, 6.45) is 2.18. The fourth-order valence-corrected chi connectivity index (χ4v) is 2.69. The van der Waals surface area contributed by atoms with Crippen LogP contribution in [0.1, 0.15) is 53.9 Å². The Morgan fingerprint density at radius 1 is 1.32 bits per heavy atom. The number of likely N-dealkylation sites (tertiary alicyclic amines) is 1. The molecule has 1 heterocycles. The molecule has 1 unspecified atom stereocenters. The number of carbonyl (C=O) groups is 2. The Kier molecular flexibility index (Phi) is 9.01. The molecule has 0 saturated carbocycles. The predicted molar refractivity (Wildman–Crippen MR) is 92.2 cm³/mol. The van der Waals surface area contributed by atoms with Crippen molar-refractivity contribution in [3.05, 3.63) is 0 Å². The number of carbonyl (C=O) groups excluding carboxylic acids is 2. The monoisotopic (exact) mass is 333 g/mol. The second-order valence-corrected chi connectivity index (χ2v) is 7.19. The average molecular weight is 334 g/mol. The van der Waals surface area contributed by atoms with Gasteiger partial charge in [0.25, 0.3) is 0 Å². The van der Waals surface area contributed by atoms with Gasteiger partial charge in [-0.3, -0.25) is 9.59 Å². The molecule has 0 aromatic carbocycles. The van der Waals surface area contributed by atoms with Crippen molar-refractivity contribution in [1.82, 2.24) is 15.5 Å². The number of rotatable bonds is 6. The normalized spacial score (nSPS) is 19.5. The molecule has 0 bridgehead atoms. The maximum absolute atomic E-state index is 12.4. The number of amides is 2. The van der Waals surface area contributed by atoms with Crippen LogP contribution >= 0.6 is 12.4 Å². The molecule has 0 aromatic heterocycles.